The van der Waals surface area contributed by atoms with E-state index in [0.29, 0.717) is 5.76 Å². The Labute approximate surface area is 122 Å². The van der Waals surface area contributed by atoms with Crippen molar-refractivity contribution in [1.82, 2.24) is 0 Å². The lowest BCUT2D eigenvalue weighted by atomic mass is 10.2. The van der Waals surface area contributed by atoms with E-state index in [9.17, 15) is 18.0 Å². The van der Waals surface area contributed by atoms with Gasteiger partial charge < -0.3 is 15.5 Å². The number of rotatable bonds is 3. The van der Waals surface area contributed by atoms with Gasteiger partial charge in [-0.05, 0) is 30.3 Å². The summed E-state index contributed by atoms with van der Waals surface area (Å²) >= 11 is 5.78. The second-order valence-electron chi connectivity index (χ2n) is 4.12. The normalized spacial score (nSPS) is 11.5. The molecule has 0 fully saturated rings. The fourth-order valence-electron chi connectivity index (χ4n) is 1.59. The van der Waals surface area contributed by atoms with Crippen LogP contribution in [0.1, 0.15) is 21.9 Å². The zero-order valence-corrected chi connectivity index (χ0v) is 11.3. The zero-order chi connectivity index (χ0) is 15.6. The second kappa shape index (κ2) is 5.79. The summed E-state index contributed by atoms with van der Waals surface area (Å²) in [4.78, 5) is 11.9. The molecule has 0 bridgehead atoms. The average Bonchev–Trinajstić information content (AvgIpc) is 2.88. The standard InChI is InChI=1S/C13H10ClF3N2O2/c14-9-3-1-7(13(15,16)17)5-10(9)19-12(20)11-4-2-8(6-18)21-11/h1-5H,6,18H2,(H,19,20). The molecule has 0 atom stereocenters. The van der Waals surface area contributed by atoms with E-state index in [1.54, 1.807) is 0 Å². The van der Waals surface area contributed by atoms with Crippen LogP contribution in [0.5, 0.6) is 0 Å². The van der Waals surface area contributed by atoms with Crippen LogP contribution < -0.4 is 11.1 Å². The Morgan fingerprint density at radius 1 is 1.29 bits per heavy atom. The molecule has 2 rings (SSSR count). The van der Waals surface area contributed by atoms with E-state index in [1.807, 2.05) is 0 Å². The minimum atomic E-state index is -4.53. The van der Waals surface area contributed by atoms with Crippen LogP contribution in [0.2, 0.25) is 5.02 Å². The van der Waals surface area contributed by atoms with Crippen LogP contribution in [0.4, 0.5) is 18.9 Å². The molecule has 0 unspecified atom stereocenters. The summed E-state index contributed by atoms with van der Waals surface area (Å²) in [7, 11) is 0. The Bertz CT molecular complexity index is 668. The minimum Gasteiger partial charge on any atom is -0.455 e. The largest absolute Gasteiger partial charge is 0.455 e. The average molecular weight is 319 g/mol. The van der Waals surface area contributed by atoms with Crippen molar-refractivity contribution in [2.75, 3.05) is 5.32 Å². The molecule has 0 spiro atoms. The molecular weight excluding hydrogens is 309 g/mol. The first-order valence-electron chi connectivity index (χ1n) is 5.78. The molecule has 0 aliphatic carbocycles. The smallest absolute Gasteiger partial charge is 0.416 e. The molecule has 4 nitrogen and oxygen atoms in total. The summed E-state index contributed by atoms with van der Waals surface area (Å²) in [6.07, 6.45) is -4.53. The predicted molar refractivity (Wildman–Crippen MR) is 71.0 cm³/mol. The zero-order valence-electron chi connectivity index (χ0n) is 10.5. The molecule has 0 radical (unpaired) electrons. The molecule has 0 saturated carbocycles. The van der Waals surface area contributed by atoms with Crippen molar-refractivity contribution >= 4 is 23.2 Å². The first-order chi connectivity index (χ1) is 9.81. The van der Waals surface area contributed by atoms with Crippen molar-refractivity contribution in [2.45, 2.75) is 12.7 Å². The summed E-state index contributed by atoms with van der Waals surface area (Å²) in [6, 6.07) is 5.53. The topological polar surface area (TPSA) is 68.3 Å². The number of carbonyl (C=O) groups is 1. The number of nitrogens with two attached hydrogens (primary N) is 1. The number of amides is 1. The number of hydrogen-bond acceptors (Lipinski definition) is 3. The first-order valence-corrected chi connectivity index (χ1v) is 6.16. The Hall–Kier alpha value is -1.99. The molecule has 1 amide bonds. The van der Waals surface area contributed by atoms with Gasteiger partial charge in [0.25, 0.3) is 5.91 Å². The van der Waals surface area contributed by atoms with Crippen molar-refractivity contribution in [1.29, 1.82) is 0 Å². The summed E-state index contributed by atoms with van der Waals surface area (Å²) in [5.41, 5.74) is 4.27. The highest BCUT2D eigenvalue weighted by molar-refractivity contribution is 6.33. The van der Waals surface area contributed by atoms with E-state index in [2.05, 4.69) is 5.32 Å². The van der Waals surface area contributed by atoms with Crippen molar-refractivity contribution in [3.05, 3.63) is 52.4 Å². The van der Waals surface area contributed by atoms with Gasteiger partial charge in [0.1, 0.15) is 5.76 Å². The van der Waals surface area contributed by atoms with Crippen LogP contribution in [-0.4, -0.2) is 5.91 Å². The molecule has 21 heavy (non-hydrogen) atoms. The number of carbonyl (C=O) groups excluding carboxylic acids is 1. The highest BCUT2D eigenvalue weighted by Gasteiger charge is 2.31. The SMILES string of the molecule is NCc1ccc(C(=O)Nc2cc(C(F)(F)F)ccc2Cl)o1. The minimum absolute atomic E-state index is 0.0121. The van der Waals surface area contributed by atoms with Gasteiger partial charge in [-0.15, -0.1) is 0 Å². The van der Waals surface area contributed by atoms with E-state index in [-0.39, 0.29) is 23.0 Å². The molecule has 0 aliphatic heterocycles. The summed E-state index contributed by atoms with van der Waals surface area (Å²) in [5, 5.41) is 2.26. The van der Waals surface area contributed by atoms with E-state index in [1.165, 1.54) is 12.1 Å². The summed E-state index contributed by atoms with van der Waals surface area (Å²) in [5.74, 6) is -0.393. The van der Waals surface area contributed by atoms with Crippen molar-refractivity contribution in [2.24, 2.45) is 5.73 Å². The van der Waals surface area contributed by atoms with Gasteiger partial charge in [-0.2, -0.15) is 13.2 Å². The third-order valence-electron chi connectivity index (χ3n) is 2.63. The third-order valence-corrected chi connectivity index (χ3v) is 2.96. The maximum Gasteiger partial charge on any atom is 0.416 e. The molecule has 0 saturated heterocycles. The lowest BCUT2D eigenvalue weighted by molar-refractivity contribution is -0.137. The summed E-state index contributed by atoms with van der Waals surface area (Å²) < 4.78 is 43.0. The summed E-state index contributed by atoms with van der Waals surface area (Å²) in [6.45, 7) is 0.109. The Balaban J connectivity index is 2.24. The molecule has 0 aliphatic rings. The molecule has 8 heteroatoms. The van der Waals surface area contributed by atoms with Gasteiger partial charge in [0.15, 0.2) is 5.76 Å². The Morgan fingerprint density at radius 2 is 2.00 bits per heavy atom. The first kappa shape index (κ1) is 15.4. The van der Waals surface area contributed by atoms with Gasteiger partial charge in [-0.3, -0.25) is 4.79 Å². The van der Waals surface area contributed by atoms with Gasteiger partial charge in [0.2, 0.25) is 0 Å². The van der Waals surface area contributed by atoms with E-state index < -0.39 is 17.6 Å². The van der Waals surface area contributed by atoms with Crippen molar-refractivity contribution in [3.8, 4) is 0 Å². The molecule has 1 heterocycles. The highest BCUT2D eigenvalue weighted by Crippen LogP contribution is 2.34. The van der Waals surface area contributed by atoms with Gasteiger partial charge in [0.05, 0.1) is 22.8 Å². The second-order valence-corrected chi connectivity index (χ2v) is 4.52. The van der Waals surface area contributed by atoms with Crippen molar-refractivity contribution < 1.29 is 22.4 Å². The van der Waals surface area contributed by atoms with Crippen LogP contribution >= 0.6 is 11.6 Å². The monoisotopic (exact) mass is 318 g/mol. The maximum absolute atomic E-state index is 12.6. The fraction of sp³-hybridized carbons (Fsp3) is 0.154. The molecule has 112 valence electrons. The quantitative estimate of drug-likeness (QED) is 0.907. The number of anilines is 1. The van der Waals surface area contributed by atoms with Gasteiger partial charge in [-0.1, -0.05) is 11.6 Å². The van der Waals surface area contributed by atoms with Crippen LogP contribution in [0.3, 0.4) is 0 Å². The third kappa shape index (κ3) is 3.56. The number of halogens is 4. The molecule has 3 N–H and O–H groups in total. The maximum atomic E-state index is 12.6. The van der Waals surface area contributed by atoms with Crippen LogP contribution in [0.15, 0.2) is 34.7 Å². The number of nitrogens with one attached hydrogen (secondary N) is 1. The Kier molecular flexibility index (Phi) is 4.24. The predicted octanol–water partition coefficient (Wildman–Crippen LogP) is 3.66. The van der Waals surface area contributed by atoms with E-state index >= 15 is 0 Å². The molecule has 2 aromatic rings. The number of hydrogen-bond donors (Lipinski definition) is 2. The van der Waals surface area contributed by atoms with Crippen LogP contribution in [0.25, 0.3) is 0 Å². The highest BCUT2D eigenvalue weighted by atomic mass is 35.5. The van der Waals surface area contributed by atoms with Gasteiger partial charge in [-0.25, -0.2) is 0 Å². The van der Waals surface area contributed by atoms with Gasteiger partial charge in [0, 0.05) is 0 Å². The van der Waals surface area contributed by atoms with E-state index in [4.69, 9.17) is 21.8 Å². The van der Waals surface area contributed by atoms with E-state index in [0.717, 1.165) is 18.2 Å². The number of alkyl halides is 3. The number of benzene rings is 1. The van der Waals surface area contributed by atoms with Crippen molar-refractivity contribution in [3.63, 3.8) is 0 Å². The molecular formula is C13H10ClF3N2O2. The lowest BCUT2D eigenvalue weighted by Crippen LogP contribution is -2.13. The molecule has 1 aromatic heterocycles. The Morgan fingerprint density at radius 3 is 2.57 bits per heavy atom. The lowest BCUT2D eigenvalue weighted by Gasteiger charge is -2.11. The number of furan rings is 1. The van der Waals surface area contributed by atoms with Crippen LogP contribution in [-0.2, 0) is 12.7 Å². The van der Waals surface area contributed by atoms with Gasteiger partial charge >= 0.3 is 6.18 Å². The molecule has 1 aromatic carbocycles. The fourth-order valence-corrected chi connectivity index (χ4v) is 1.76. The van der Waals surface area contributed by atoms with Crippen LogP contribution in [0, 0.1) is 0 Å².